The Kier molecular flexibility index (Phi) is 3.09. The van der Waals surface area contributed by atoms with Gasteiger partial charge in [-0.15, -0.1) is 0 Å². The van der Waals surface area contributed by atoms with Gasteiger partial charge in [0.25, 0.3) is 0 Å². The van der Waals surface area contributed by atoms with E-state index in [9.17, 15) is 5.26 Å². The number of benzene rings is 1. The maximum Gasteiger partial charge on any atom is 0.134 e. The fourth-order valence-corrected chi connectivity index (χ4v) is 2.51. The van der Waals surface area contributed by atoms with Crippen molar-refractivity contribution >= 4 is 32.7 Å². The third-order valence-electron chi connectivity index (χ3n) is 3.01. The Bertz CT molecular complexity index is 838. The lowest BCUT2D eigenvalue weighted by molar-refractivity contribution is 1.26. The van der Waals surface area contributed by atoms with Crippen LogP contribution >= 0.6 is 15.9 Å². The maximum absolute atomic E-state index is 9.27. The summed E-state index contributed by atoms with van der Waals surface area (Å²) in [5.74, 6) is 0.359. The van der Waals surface area contributed by atoms with Crippen LogP contribution in [0.3, 0.4) is 0 Å². The summed E-state index contributed by atoms with van der Waals surface area (Å²) in [7, 11) is 0. The van der Waals surface area contributed by atoms with Crippen LogP contribution in [-0.4, -0.2) is 9.97 Å². The van der Waals surface area contributed by atoms with Crippen LogP contribution in [0.4, 0.5) is 5.82 Å². The molecule has 1 aromatic carbocycles. The molecule has 20 heavy (non-hydrogen) atoms. The molecule has 0 unspecified atom stereocenters. The van der Waals surface area contributed by atoms with Crippen molar-refractivity contribution < 1.29 is 0 Å². The number of nitrogens with zero attached hydrogens (tertiary/aromatic N) is 3. The number of nitriles is 1. The number of nitrogens with two attached hydrogens (primary N) is 1. The van der Waals surface area contributed by atoms with Crippen molar-refractivity contribution in [3.05, 3.63) is 52.6 Å². The molecule has 0 aliphatic heterocycles. The van der Waals surface area contributed by atoms with Crippen molar-refractivity contribution in [2.45, 2.75) is 0 Å². The number of halogens is 1. The molecule has 0 fully saturated rings. The number of hydrogen-bond donors (Lipinski definition) is 1. The molecule has 0 spiro atoms. The predicted octanol–water partition coefficient (Wildman–Crippen LogP) is 3.51. The lowest BCUT2D eigenvalue weighted by Crippen LogP contribution is -1.98. The van der Waals surface area contributed by atoms with Crippen LogP contribution in [0.15, 0.2) is 47.1 Å². The molecule has 96 valence electrons. The molecule has 0 aliphatic rings. The quantitative estimate of drug-likeness (QED) is 0.695. The second-order valence-electron chi connectivity index (χ2n) is 4.23. The third-order valence-corrected chi connectivity index (χ3v) is 3.59. The summed E-state index contributed by atoms with van der Waals surface area (Å²) in [6, 6.07) is 15.6. The van der Waals surface area contributed by atoms with Crippen LogP contribution in [0.25, 0.3) is 22.2 Å². The molecule has 0 saturated carbocycles. The molecule has 0 amide bonds. The first-order valence-electron chi connectivity index (χ1n) is 5.92. The van der Waals surface area contributed by atoms with Gasteiger partial charge in [0.1, 0.15) is 22.1 Å². The normalized spacial score (nSPS) is 10.4. The molecule has 5 heteroatoms. The van der Waals surface area contributed by atoms with E-state index in [1.807, 2.05) is 42.5 Å². The molecule has 4 nitrogen and oxygen atoms in total. The van der Waals surface area contributed by atoms with Gasteiger partial charge in [-0.2, -0.15) is 5.26 Å². The van der Waals surface area contributed by atoms with E-state index in [2.05, 4.69) is 32.0 Å². The summed E-state index contributed by atoms with van der Waals surface area (Å²) in [6.45, 7) is 0. The minimum Gasteiger partial charge on any atom is -0.383 e. The maximum atomic E-state index is 9.27. The minimum absolute atomic E-state index is 0.359. The first kappa shape index (κ1) is 12.6. The Morgan fingerprint density at radius 3 is 2.50 bits per heavy atom. The average molecular weight is 325 g/mol. The lowest BCUT2D eigenvalue weighted by atomic mass is 10.1. The van der Waals surface area contributed by atoms with Crippen LogP contribution < -0.4 is 5.73 Å². The molecular formula is C15H9BrN4. The smallest absolute Gasteiger partial charge is 0.134 e. The average Bonchev–Trinajstić information content (AvgIpc) is 2.48. The summed E-state index contributed by atoms with van der Waals surface area (Å²) in [4.78, 5) is 8.67. The number of anilines is 1. The first-order chi connectivity index (χ1) is 9.70. The van der Waals surface area contributed by atoms with Crippen LogP contribution in [-0.2, 0) is 0 Å². The van der Waals surface area contributed by atoms with Gasteiger partial charge >= 0.3 is 0 Å². The van der Waals surface area contributed by atoms with Crippen molar-refractivity contribution in [3.63, 3.8) is 0 Å². The van der Waals surface area contributed by atoms with E-state index in [0.717, 1.165) is 11.3 Å². The Hall–Kier alpha value is -2.45. The monoisotopic (exact) mass is 324 g/mol. The second kappa shape index (κ2) is 4.91. The van der Waals surface area contributed by atoms with Crippen molar-refractivity contribution in [1.29, 1.82) is 5.26 Å². The zero-order chi connectivity index (χ0) is 14.1. The Balaban J connectivity index is 2.33. The van der Waals surface area contributed by atoms with E-state index in [0.29, 0.717) is 26.9 Å². The van der Waals surface area contributed by atoms with E-state index in [1.165, 1.54) is 0 Å². The van der Waals surface area contributed by atoms with Gasteiger partial charge in [0.05, 0.1) is 11.2 Å². The van der Waals surface area contributed by atoms with Crippen LogP contribution in [0, 0.1) is 11.3 Å². The van der Waals surface area contributed by atoms with Crippen LogP contribution in [0.2, 0.25) is 0 Å². The van der Waals surface area contributed by atoms with E-state index in [1.54, 1.807) is 0 Å². The zero-order valence-electron chi connectivity index (χ0n) is 10.3. The highest BCUT2D eigenvalue weighted by Gasteiger charge is 2.13. The fraction of sp³-hybridized carbons (Fsp3) is 0. The van der Waals surface area contributed by atoms with E-state index in [4.69, 9.17) is 5.73 Å². The summed E-state index contributed by atoms with van der Waals surface area (Å²) in [5.41, 5.74) is 8.63. The molecule has 2 heterocycles. The molecule has 3 rings (SSSR count). The van der Waals surface area contributed by atoms with E-state index < -0.39 is 0 Å². The van der Waals surface area contributed by atoms with Gasteiger partial charge in [0.2, 0.25) is 0 Å². The molecule has 0 aliphatic carbocycles. The largest absolute Gasteiger partial charge is 0.383 e. The standard InChI is InChI=1S/C15H9BrN4/c16-14-11(8-17)13-10(15(18)20-14)6-7-12(19-13)9-4-2-1-3-5-9/h1-7H,(H2,18,20). The number of aromatic nitrogens is 2. The van der Waals surface area contributed by atoms with E-state index in [-0.39, 0.29) is 0 Å². The lowest BCUT2D eigenvalue weighted by Gasteiger charge is -2.07. The fourth-order valence-electron chi connectivity index (χ4n) is 2.04. The van der Waals surface area contributed by atoms with Gasteiger partial charge in [-0.25, -0.2) is 9.97 Å². The van der Waals surface area contributed by atoms with Crippen LogP contribution in [0.1, 0.15) is 5.56 Å². The molecular weight excluding hydrogens is 316 g/mol. The summed E-state index contributed by atoms with van der Waals surface area (Å²) in [6.07, 6.45) is 0. The van der Waals surface area contributed by atoms with Gasteiger partial charge in [0, 0.05) is 10.9 Å². The van der Waals surface area contributed by atoms with Crippen molar-refractivity contribution in [2.75, 3.05) is 5.73 Å². The number of hydrogen-bond acceptors (Lipinski definition) is 4. The Morgan fingerprint density at radius 1 is 1.05 bits per heavy atom. The van der Waals surface area contributed by atoms with Crippen molar-refractivity contribution in [2.24, 2.45) is 0 Å². The third kappa shape index (κ3) is 2.00. The molecule has 0 atom stereocenters. The zero-order valence-corrected chi connectivity index (χ0v) is 11.9. The van der Waals surface area contributed by atoms with Gasteiger partial charge < -0.3 is 5.73 Å². The van der Waals surface area contributed by atoms with Gasteiger partial charge in [-0.1, -0.05) is 30.3 Å². The predicted molar refractivity (Wildman–Crippen MR) is 81.8 cm³/mol. The second-order valence-corrected chi connectivity index (χ2v) is 4.98. The van der Waals surface area contributed by atoms with Gasteiger partial charge in [-0.3, -0.25) is 0 Å². The highest BCUT2D eigenvalue weighted by atomic mass is 79.9. The summed E-state index contributed by atoms with van der Waals surface area (Å²) < 4.78 is 0.419. The highest BCUT2D eigenvalue weighted by molar-refractivity contribution is 9.10. The van der Waals surface area contributed by atoms with Crippen LogP contribution in [0.5, 0.6) is 0 Å². The minimum atomic E-state index is 0.359. The summed E-state index contributed by atoms with van der Waals surface area (Å²) in [5, 5.41) is 9.95. The molecule has 0 radical (unpaired) electrons. The van der Waals surface area contributed by atoms with Crippen molar-refractivity contribution in [3.8, 4) is 17.3 Å². The summed E-state index contributed by atoms with van der Waals surface area (Å²) >= 11 is 3.26. The first-order valence-corrected chi connectivity index (χ1v) is 6.71. The topological polar surface area (TPSA) is 75.6 Å². The SMILES string of the molecule is N#Cc1c(Br)nc(N)c2ccc(-c3ccccc3)nc12. The van der Waals surface area contributed by atoms with E-state index >= 15 is 0 Å². The van der Waals surface area contributed by atoms with Gasteiger partial charge in [0.15, 0.2) is 0 Å². The highest BCUT2D eigenvalue weighted by Crippen LogP contribution is 2.29. The number of rotatable bonds is 1. The van der Waals surface area contributed by atoms with Crippen molar-refractivity contribution in [1.82, 2.24) is 9.97 Å². The number of fused-ring (bicyclic) bond motifs is 1. The molecule has 2 aromatic heterocycles. The molecule has 0 saturated heterocycles. The molecule has 0 bridgehead atoms. The number of pyridine rings is 2. The van der Waals surface area contributed by atoms with Gasteiger partial charge in [-0.05, 0) is 28.1 Å². The molecule has 3 aromatic rings. The Morgan fingerprint density at radius 2 is 1.80 bits per heavy atom. The Labute approximate surface area is 124 Å². The molecule has 2 N–H and O–H groups in total. The number of nitrogen functional groups attached to an aromatic ring is 1.